The lowest BCUT2D eigenvalue weighted by Crippen LogP contribution is -1.85. The third kappa shape index (κ3) is 8.54. The highest BCUT2D eigenvalue weighted by Crippen LogP contribution is 2.03. The SMILES string of the molecule is CCCC=CC[SiH](Cl)Cl. The van der Waals surface area contributed by atoms with E-state index in [0.29, 0.717) is 0 Å². The number of allylic oxidation sites excluding steroid dienone is 2. The predicted octanol–water partition coefficient (Wildman–Crippen LogP) is 3.04. The molecule has 0 aliphatic rings. The fourth-order valence-electron chi connectivity index (χ4n) is 0.484. The molecule has 0 saturated heterocycles. The van der Waals surface area contributed by atoms with Crippen LogP contribution in [0.15, 0.2) is 12.2 Å². The molecule has 0 aliphatic carbocycles. The average molecular weight is 183 g/mol. The van der Waals surface area contributed by atoms with Gasteiger partial charge >= 0.3 is 0 Å². The highest BCUT2D eigenvalue weighted by atomic mass is 35.7. The van der Waals surface area contributed by atoms with Crippen molar-refractivity contribution < 1.29 is 0 Å². The van der Waals surface area contributed by atoms with Gasteiger partial charge in [-0.3, -0.25) is 0 Å². The lowest BCUT2D eigenvalue weighted by atomic mass is 10.3. The minimum absolute atomic E-state index is 0.906. The number of rotatable bonds is 4. The van der Waals surface area contributed by atoms with Gasteiger partial charge in [0.25, 0.3) is 0 Å². The summed E-state index contributed by atoms with van der Waals surface area (Å²) in [5, 5.41) is 0. The van der Waals surface area contributed by atoms with Crippen LogP contribution in [0.25, 0.3) is 0 Å². The molecular formula is C6H12Cl2Si. The van der Waals surface area contributed by atoms with Crippen molar-refractivity contribution in [1.29, 1.82) is 0 Å². The summed E-state index contributed by atoms with van der Waals surface area (Å²) in [6.45, 7) is 2.15. The second kappa shape index (κ2) is 6.65. The Hall–Kier alpha value is 0.537. The molecular weight excluding hydrogens is 171 g/mol. The van der Waals surface area contributed by atoms with Gasteiger partial charge in [0.15, 0.2) is 0 Å². The summed E-state index contributed by atoms with van der Waals surface area (Å²) in [5.41, 5.74) is 0. The molecule has 0 N–H and O–H groups in total. The van der Waals surface area contributed by atoms with Crippen LogP contribution in [0, 0.1) is 0 Å². The van der Waals surface area contributed by atoms with Gasteiger partial charge < -0.3 is 0 Å². The monoisotopic (exact) mass is 182 g/mol. The van der Waals surface area contributed by atoms with Crippen molar-refractivity contribution >= 4 is 29.6 Å². The summed E-state index contributed by atoms with van der Waals surface area (Å²) in [6.07, 6.45) is 6.58. The molecule has 0 saturated carbocycles. The first kappa shape index (κ1) is 9.54. The number of hydrogen-bond donors (Lipinski definition) is 0. The summed E-state index contributed by atoms with van der Waals surface area (Å²) < 4.78 is 0. The summed E-state index contributed by atoms with van der Waals surface area (Å²) in [7, 11) is -1.36. The molecule has 0 aromatic carbocycles. The number of hydrogen-bond acceptors (Lipinski definition) is 0. The van der Waals surface area contributed by atoms with E-state index in [-0.39, 0.29) is 0 Å². The molecule has 0 amide bonds. The van der Waals surface area contributed by atoms with Gasteiger partial charge in [-0.2, -0.15) is 22.2 Å². The topological polar surface area (TPSA) is 0 Å². The second-order valence-corrected chi connectivity index (χ2v) is 6.97. The minimum Gasteiger partial charge on any atom is -0.150 e. The van der Waals surface area contributed by atoms with Crippen molar-refractivity contribution in [2.75, 3.05) is 0 Å². The molecule has 0 spiro atoms. The van der Waals surface area contributed by atoms with E-state index in [9.17, 15) is 0 Å². The van der Waals surface area contributed by atoms with E-state index < -0.39 is 7.42 Å². The maximum Gasteiger partial charge on any atom is 0.240 e. The number of unbranched alkanes of at least 4 members (excludes halogenated alkanes) is 1. The van der Waals surface area contributed by atoms with E-state index >= 15 is 0 Å². The predicted molar refractivity (Wildman–Crippen MR) is 47.7 cm³/mol. The first-order valence-electron chi connectivity index (χ1n) is 3.20. The third-order valence-electron chi connectivity index (χ3n) is 0.936. The van der Waals surface area contributed by atoms with Gasteiger partial charge in [-0.15, -0.1) is 0 Å². The highest BCUT2D eigenvalue weighted by molar-refractivity contribution is 7.33. The maximum absolute atomic E-state index is 5.61. The molecule has 0 aromatic heterocycles. The van der Waals surface area contributed by atoms with Crippen molar-refractivity contribution in [3.63, 3.8) is 0 Å². The Bertz CT molecular complexity index is 81.1. The molecule has 0 aliphatic heterocycles. The van der Waals surface area contributed by atoms with Crippen LogP contribution in [0.1, 0.15) is 19.8 Å². The van der Waals surface area contributed by atoms with Gasteiger partial charge in [0.1, 0.15) is 0 Å². The van der Waals surface area contributed by atoms with Gasteiger partial charge in [0.05, 0.1) is 0 Å². The first-order valence-corrected chi connectivity index (χ1v) is 7.51. The zero-order valence-corrected chi connectivity index (χ0v) is 8.28. The van der Waals surface area contributed by atoms with Gasteiger partial charge in [0, 0.05) is 0 Å². The second-order valence-electron chi connectivity index (χ2n) is 1.89. The van der Waals surface area contributed by atoms with Gasteiger partial charge in [-0.05, 0) is 12.5 Å². The van der Waals surface area contributed by atoms with Crippen molar-refractivity contribution in [1.82, 2.24) is 0 Å². The van der Waals surface area contributed by atoms with Crippen LogP contribution in [0.4, 0.5) is 0 Å². The Morgan fingerprint density at radius 2 is 2.00 bits per heavy atom. The lowest BCUT2D eigenvalue weighted by molar-refractivity contribution is 0.957. The van der Waals surface area contributed by atoms with Crippen molar-refractivity contribution in [2.24, 2.45) is 0 Å². The third-order valence-corrected chi connectivity index (χ3v) is 2.63. The number of halogens is 2. The summed E-state index contributed by atoms with van der Waals surface area (Å²) in [5.74, 6) is 0. The Balaban J connectivity index is 3.04. The molecule has 54 valence electrons. The smallest absolute Gasteiger partial charge is 0.150 e. The highest BCUT2D eigenvalue weighted by Gasteiger charge is 1.94. The molecule has 0 nitrogen and oxygen atoms in total. The minimum atomic E-state index is -1.36. The Kier molecular flexibility index (Phi) is 7.05. The summed E-state index contributed by atoms with van der Waals surface area (Å²) in [6, 6.07) is 0.906. The quantitative estimate of drug-likeness (QED) is 0.357. The fourth-order valence-corrected chi connectivity index (χ4v) is 1.50. The van der Waals surface area contributed by atoms with Gasteiger partial charge in [0.2, 0.25) is 7.42 Å². The Morgan fingerprint density at radius 1 is 1.33 bits per heavy atom. The maximum atomic E-state index is 5.61. The molecule has 0 radical (unpaired) electrons. The zero-order chi connectivity index (χ0) is 7.11. The molecule has 3 heteroatoms. The molecule has 9 heavy (non-hydrogen) atoms. The largest absolute Gasteiger partial charge is 0.240 e. The van der Waals surface area contributed by atoms with Crippen LogP contribution in [0.2, 0.25) is 6.04 Å². The summed E-state index contributed by atoms with van der Waals surface area (Å²) >= 11 is 11.2. The van der Waals surface area contributed by atoms with Crippen LogP contribution in [-0.4, -0.2) is 7.42 Å². The van der Waals surface area contributed by atoms with E-state index in [2.05, 4.69) is 19.1 Å². The lowest BCUT2D eigenvalue weighted by Gasteiger charge is -1.88. The van der Waals surface area contributed by atoms with E-state index in [0.717, 1.165) is 12.5 Å². The normalized spacial score (nSPS) is 11.6. The van der Waals surface area contributed by atoms with Gasteiger partial charge in [-0.1, -0.05) is 25.5 Å². The average Bonchev–Trinajstić information content (AvgIpc) is 1.80. The Labute approximate surface area is 67.9 Å². The molecule has 0 aromatic rings. The first-order chi connectivity index (χ1) is 4.27. The van der Waals surface area contributed by atoms with Crippen molar-refractivity contribution in [3.8, 4) is 0 Å². The van der Waals surface area contributed by atoms with Gasteiger partial charge in [-0.25, -0.2) is 0 Å². The van der Waals surface area contributed by atoms with Crippen molar-refractivity contribution in [3.05, 3.63) is 12.2 Å². The molecule has 0 atom stereocenters. The van der Waals surface area contributed by atoms with Crippen LogP contribution < -0.4 is 0 Å². The summed E-state index contributed by atoms with van der Waals surface area (Å²) in [4.78, 5) is 0. The Morgan fingerprint density at radius 3 is 2.44 bits per heavy atom. The molecule has 0 heterocycles. The molecule has 0 bridgehead atoms. The van der Waals surface area contributed by atoms with E-state index in [4.69, 9.17) is 22.2 Å². The van der Waals surface area contributed by atoms with Crippen LogP contribution >= 0.6 is 22.2 Å². The molecule has 0 rings (SSSR count). The molecule has 0 unspecified atom stereocenters. The van der Waals surface area contributed by atoms with Crippen LogP contribution in [0.5, 0.6) is 0 Å². The van der Waals surface area contributed by atoms with E-state index in [1.165, 1.54) is 6.42 Å². The van der Waals surface area contributed by atoms with Crippen LogP contribution in [0.3, 0.4) is 0 Å². The van der Waals surface area contributed by atoms with Crippen molar-refractivity contribution in [2.45, 2.75) is 25.8 Å². The fraction of sp³-hybridized carbons (Fsp3) is 0.667. The molecule has 0 fully saturated rings. The van der Waals surface area contributed by atoms with Crippen LogP contribution in [-0.2, 0) is 0 Å². The van der Waals surface area contributed by atoms with E-state index in [1.807, 2.05) is 0 Å². The van der Waals surface area contributed by atoms with E-state index in [1.54, 1.807) is 0 Å². The standard InChI is InChI=1S/C6H12Cl2Si/c1-2-3-4-5-6-9(7)8/h4-5,9H,2-3,6H2,1H3. The zero-order valence-electron chi connectivity index (χ0n) is 5.61.